The highest BCUT2D eigenvalue weighted by Crippen LogP contribution is 2.20. The summed E-state index contributed by atoms with van der Waals surface area (Å²) in [5, 5.41) is 11.3. The molecule has 0 aliphatic carbocycles. The summed E-state index contributed by atoms with van der Waals surface area (Å²) in [6.07, 6.45) is 4.98. The molecule has 0 saturated carbocycles. The minimum atomic E-state index is -0.656. The second-order valence-corrected chi connectivity index (χ2v) is 6.95. The van der Waals surface area contributed by atoms with Gasteiger partial charge in [0.1, 0.15) is 11.9 Å². The number of hydrogen-bond acceptors (Lipinski definition) is 6. The normalized spacial score (nSPS) is 17.4. The highest BCUT2D eigenvalue weighted by Gasteiger charge is 2.37. The molecule has 0 spiro atoms. The predicted octanol–water partition coefficient (Wildman–Crippen LogP) is 1.48. The van der Waals surface area contributed by atoms with E-state index in [1.54, 1.807) is 0 Å². The number of halogens is 1. The molecule has 8 nitrogen and oxygen atoms in total. The molecule has 1 aromatic heterocycles. The van der Waals surface area contributed by atoms with Crippen molar-refractivity contribution in [2.24, 2.45) is 5.92 Å². The maximum Gasteiger partial charge on any atom is 0.242 e. The van der Waals surface area contributed by atoms with Gasteiger partial charge in [0.25, 0.3) is 0 Å². The van der Waals surface area contributed by atoms with E-state index in [4.69, 9.17) is 0 Å². The molecule has 9 heteroatoms. The first kappa shape index (κ1) is 21.9. The van der Waals surface area contributed by atoms with Crippen LogP contribution in [0, 0.1) is 11.7 Å². The summed E-state index contributed by atoms with van der Waals surface area (Å²) in [6.45, 7) is 2.39. The third-order valence-electron chi connectivity index (χ3n) is 4.80. The number of aromatic nitrogens is 1. The maximum atomic E-state index is 13.0. The van der Waals surface area contributed by atoms with E-state index >= 15 is 0 Å². The fourth-order valence-corrected chi connectivity index (χ4v) is 3.30. The van der Waals surface area contributed by atoms with Gasteiger partial charge in [-0.15, -0.1) is 0 Å². The molecule has 1 aromatic rings. The van der Waals surface area contributed by atoms with E-state index in [9.17, 15) is 24.0 Å². The zero-order valence-electron chi connectivity index (χ0n) is 16.0. The molecule has 154 valence electrons. The van der Waals surface area contributed by atoms with Gasteiger partial charge in [-0.1, -0.05) is 26.2 Å². The number of amides is 2. The average molecular weight is 394 g/mol. The van der Waals surface area contributed by atoms with Crippen molar-refractivity contribution in [2.45, 2.75) is 51.5 Å². The third-order valence-corrected chi connectivity index (χ3v) is 4.80. The van der Waals surface area contributed by atoms with E-state index in [2.05, 4.69) is 10.4 Å². The Hall–Kier alpha value is -2.39. The summed E-state index contributed by atoms with van der Waals surface area (Å²) < 4.78 is 13.0. The number of Topliss-reactive ketones (excluding diaryl/α,β-unsaturated/α-hetero) is 1. The number of carbonyl (C=O) groups excluding carboxylic acids is 3. The van der Waals surface area contributed by atoms with Gasteiger partial charge >= 0.3 is 0 Å². The van der Waals surface area contributed by atoms with Gasteiger partial charge in [-0.25, -0.2) is 14.9 Å². The lowest BCUT2D eigenvalue weighted by atomic mass is 9.98. The van der Waals surface area contributed by atoms with Crippen molar-refractivity contribution in [1.82, 2.24) is 20.5 Å². The Balaban J connectivity index is 2.05. The quantitative estimate of drug-likeness (QED) is 0.255. The number of hydroxylamine groups is 2. The SMILES string of the molecule is CCCCC[C@H](CN(O)C=O)C(=O)N1NCC[C@H]1C(=O)Cc1ccc(F)cn1. The monoisotopic (exact) mass is 394 g/mol. The van der Waals surface area contributed by atoms with Crippen molar-refractivity contribution >= 4 is 18.1 Å². The fourth-order valence-electron chi connectivity index (χ4n) is 3.30. The van der Waals surface area contributed by atoms with Crippen LogP contribution in [0.25, 0.3) is 0 Å². The summed E-state index contributed by atoms with van der Waals surface area (Å²) >= 11 is 0. The van der Waals surface area contributed by atoms with Gasteiger partial charge in [0.05, 0.1) is 25.1 Å². The highest BCUT2D eigenvalue weighted by molar-refractivity contribution is 5.91. The Kier molecular flexibility index (Phi) is 8.46. The van der Waals surface area contributed by atoms with E-state index in [0.717, 1.165) is 25.5 Å². The Morgan fingerprint density at radius 1 is 1.46 bits per heavy atom. The molecule has 1 aliphatic heterocycles. The smallest absolute Gasteiger partial charge is 0.242 e. The number of nitrogens with zero attached hydrogens (tertiary/aromatic N) is 3. The number of rotatable bonds is 11. The van der Waals surface area contributed by atoms with Crippen molar-refractivity contribution in [2.75, 3.05) is 13.1 Å². The maximum absolute atomic E-state index is 13.0. The van der Waals surface area contributed by atoms with Crippen molar-refractivity contribution in [3.63, 3.8) is 0 Å². The van der Waals surface area contributed by atoms with Crippen LogP contribution >= 0.6 is 0 Å². The largest absolute Gasteiger partial charge is 0.297 e. The van der Waals surface area contributed by atoms with Crippen LogP contribution < -0.4 is 5.43 Å². The van der Waals surface area contributed by atoms with Crippen molar-refractivity contribution in [1.29, 1.82) is 0 Å². The second-order valence-electron chi connectivity index (χ2n) is 6.95. The molecule has 0 aromatic carbocycles. The lowest BCUT2D eigenvalue weighted by Crippen LogP contribution is -2.50. The van der Waals surface area contributed by atoms with Gasteiger partial charge < -0.3 is 0 Å². The lowest BCUT2D eigenvalue weighted by Gasteiger charge is -2.28. The molecular weight excluding hydrogens is 367 g/mol. The fraction of sp³-hybridized carbons (Fsp3) is 0.579. The van der Waals surface area contributed by atoms with Crippen LogP contribution in [-0.4, -0.2) is 57.5 Å². The number of ketones is 1. The Bertz CT molecular complexity index is 670. The summed E-state index contributed by atoms with van der Waals surface area (Å²) in [6, 6.07) is 2.03. The number of nitrogens with one attached hydrogen (secondary N) is 1. The standard InChI is InChI=1S/C19H27FN4O4/c1-2-3-4-5-14(12-23(28)13-25)19(27)24-17(8-9-22-24)18(26)10-16-7-6-15(20)11-21-16/h6-7,11,13-14,17,22,28H,2-5,8-10,12H2,1H3/t14-,17+/m1/s1. The number of pyridine rings is 1. The molecule has 1 fully saturated rings. The van der Waals surface area contributed by atoms with Gasteiger partial charge in [-0.3, -0.25) is 29.6 Å². The number of hydrogen-bond donors (Lipinski definition) is 2. The molecule has 0 unspecified atom stereocenters. The van der Waals surface area contributed by atoms with Crippen LogP contribution in [0.1, 0.15) is 44.7 Å². The van der Waals surface area contributed by atoms with Gasteiger partial charge in [0.2, 0.25) is 12.3 Å². The Morgan fingerprint density at radius 3 is 2.89 bits per heavy atom. The summed E-state index contributed by atoms with van der Waals surface area (Å²) in [7, 11) is 0. The number of hydrazine groups is 1. The van der Waals surface area contributed by atoms with Crippen LogP contribution in [0.15, 0.2) is 18.3 Å². The van der Waals surface area contributed by atoms with Crippen LogP contribution in [0.4, 0.5) is 4.39 Å². The van der Waals surface area contributed by atoms with Gasteiger partial charge in [-0.05, 0) is 25.0 Å². The molecule has 1 aliphatic rings. The molecular formula is C19H27FN4O4. The summed E-state index contributed by atoms with van der Waals surface area (Å²) in [5.41, 5.74) is 3.38. The Morgan fingerprint density at radius 2 is 2.25 bits per heavy atom. The van der Waals surface area contributed by atoms with E-state index < -0.39 is 17.8 Å². The van der Waals surface area contributed by atoms with E-state index in [1.165, 1.54) is 17.1 Å². The topological polar surface area (TPSA) is 103 Å². The predicted molar refractivity (Wildman–Crippen MR) is 98.3 cm³/mol. The second kappa shape index (κ2) is 10.8. The lowest BCUT2D eigenvalue weighted by molar-refractivity contribution is -0.159. The summed E-state index contributed by atoms with van der Waals surface area (Å²) in [5.74, 6) is -1.60. The zero-order valence-corrected chi connectivity index (χ0v) is 16.0. The van der Waals surface area contributed by atoms with E-state index in [-0.39, 0.29) is 31.1 Å². The number of unbranched alkanes of at least 4 members (excludes halogenated alkanes) is 2. The van der Waals surface area contributed by atoms with Gasteiger partial charge in [0.15, 0.2) is 5.78 Å². The van der Waals surface area contributed by atoms with Crippen LogP contribution in [0.3, 0.4) is 0 Å². The first-order chi connectivity index (χ1) is 13.5. The molecule has 2 rings (SSSR count). The van der Waals surface area contributed by atoms with Crippen molar-refractivity contribution in [3.8, 4) is 0 Å². The van der Waals surface area contributed by atoms with Gasteiger partial charge in [0, 0.05) is 12.2 Å². The molecule has 1 saturated heterocycles. The van der Waals surface area contributed by atoms with E-state index in [0.29, 0.717) is 30.1 Å². The molecule has 28 heavy (non-hydrogen) atoms. The molecule has 0 radical (unpaired) electrons. The zero-order chi connectivity index (χ0) is 20.5. The third kappa shape index (κ3) is 6.07. The van der Waals surface area contributed by atoms with Crippen molar-refractivity contribution in [3.05, 3.63) is 29.8 Å². The molecule has 2 heterocycles. The first-order valence-electron chi connectivity index (χ1n) is 9.56. The Labute approximate surface area is 163 Å². The minimum Gasteiger partial charge on any atom is -0.297 e. The van der Waals surface area contributed by atoms with Crippen LogP contribution in [0.2, 0.25) is 0 Å². The van der Waals surface area contributed by atoms with Crippen LogP contribution in [0.5, 0.6) is 0 Å². The molecule has 2 atom stereocenters. The van der Waals surface area contributed by atoms with E-state index in [1.807, 2.05) is 6.92 Å². The van der Waals surface area contributed by atoms with Crippen molar-refractivity contribution < 1.29 is 24.0 Å². The highest BCUT2D eigenvalue weighted by atomic mass is 19.1. The minimum absolute atomic E-state index is 0.00261. The molecule has 0 bridgehead atoms. The summed E-state index contributed by atoms with van der Waals surface area (Å²) in [4.78, 5) is 40.3. The first-order valence-corrected chi connectivity index (χ1v) is 9.56. The van der Waals surface area contributed by atoms with Crippen LogP contribution in [-0.2, 0) is 20.8 Å². The molecule has 2 amide bonds. The van der Waals surface area contributed by atoms with Gasteiger partial charge in [-0.2, -0.15) is 0 Å². The molecule has 2 N–H and O–H groups in total. The number of carbonyl (C=O) groups is 3. The average Bonchev–Trinajstić information content (AvgIpc) is 3.18.